The predicted octanol–water partition coefficient (Wildman–Crippen LogP) is 6.00. The van der Waals surface area contributed by atoms with Crippen LogP contribution in [0.25, 0.3) is 0 Å². The van der Waals surface area contributed by atoms with Crippen molar-refractivity contribution in [1.82, 2.24) is 0 Å². The van der Waals surface area contributed by atoms with Gasteiger partial charge in [0.2, 0.25) is 0 Å². The molecule has 0 amide bonds. The van der Waals surface area contributed by atoms with Crippen molar-refractivity contribution in [3.05, 3.63) is 58.9 Å². The van der Waals surface area contributed by atoms with E-state index in [1.807, 2.05) is 6.92 Å². The lowest BCUT2D eigenvalue weighted by Gasteiger charge is -2.29. The van der Waals surface area contributed by atoms with Crippen LogP contribution < -0.4 is 9.47 Å². The topological polar surface area (TPSA) is 27.7 Å². The van der Waals surface area contributed by atoms with Crippen molar-refractivity contribution in [2.24, 2.45) is 5.92 Å². The molecular weight excluding hydrogens is 381 g/mol. The predicted molar refractivity (Wildman–Crippen MR) is 105 cm³/mol. The monoisotopic (exact) mass is 408 g/mol. The molecule has 0 aliphatic heterocycles. The summed E-state index contributed by atoms with van der Waals surface area (Å²) in [6.45, 7) is 2.74. The Hall–Kier alpha value is -2.21. The Balaban J connectivity index is 1.55. The van der Waals surface area contributed by atoms with E-state index in [1.54, 1.807) is 24.3 Å². The molecular formula is C23H27F3O3. The van der Waals surface area contributed by atoms with Gasteiger partial charge in [-0.05, 0) is 62.1 Å². The Morgan fingerprint density at radius 3 is 2.38 bits per heavy atom. The van der Waals surface area contributed by atoms with Crippen molar-refractivity contribution in [2.75, 3.05) is 20.3 Å². The maximum atomic E-state index is 14.5. The van der Waals surface area contributed by atoms with Crippen LogP contribution in [-0.2, 0) is 11.3 Å². The summed E-state index contributed by atoms with van der Waals surface area (Å²) in [6, 6.07) is 7.80. The minimum absolute atomic E-state index is 0.0142. The smallest absolute Gasteiger partial charge is 0.168 e. The zero-order valence-electron chi connectivity index (χ0n) is 16.8. The third-order valence-corrected chi connectivity index (χ3v) is 5.55. The molecule has 3 nitrogen and oxygen atoms in total. The van der Waals surface area contributed by atoms with E-state index >= 15 is 0 Å². The molecule has 1 aliphatic carbocycles. The molecule has 29 heavy (non-hydrogen) atoms. The van der Waals surface area contributed by atoms with Crippen LogP contribution in [0.15, 0.2) is 30.3 Å². The normalized spacial score (nSPS) is 19.2. The number of hydrogen-bond donors (Lipinski definition) is 0. The minimum Gasteiger partial charge on any atom is -0.497 e. The fourth-order valence-corrected chi connectivity index (χ4v) is 3.82. The summed E-state index contributed by atoms with van der Waals surface area (Å²) < 4.78 is 58.6. The first kappa shape index (κ1) is 21.5. The van der Waals surface area contributed by atoms with E-state index in [4.69, 9.17) is 14.2 Å². The Morgan fingerprint density at radius 2 is 1.72 bits per heavy atom. The molecule has 0 N–H and O–H groups in total. The van der Waals surface area contributed by atoms with Gasteiger partial charge in [0.15, 0.2) is 23.2 Å². The van der Waals surface area contributed by atoms with Gasteiger partial charge in [0, 0.05) is 18.2 Å². The molecule has 0 unspecified atom stereocenters. The molecule has 2 aromatic rings. The van der Waals surface area contributed by atoms with Crippen LogP contribution in [0.5, 0.6) is 11.5 Å². The molecule has 0 aromatic heterocycles. The van der Waals surface area contributed by atoms with Gasteiger partial charge in [-0.25, -0.2) is 13.2 Å². The highest BCUT2D eigenvalue weighted by Crippen LogP contribution is 2.38. The third-order valence-electron chi connectivity index (χ3n) is 5.55. The second-order valence-corrected chi connectivity index (χ2v) is 7.40. The molecule has 0 bridgehead atoms. The molecule has 1 aliphatic rings. The van der Waals surface area contributed by atoms with Gasteiger partial charge in [-0.15, -0.1) is 0 Å². The van der Waals surface area contributed by atoms with Crippen LogP contribution >= 0.6 is 0 Å². The summed E-state index contributed by atoms with van der Waals surface area (Å²) in [5.74, 6) is -1.14. The lowest BCUT2D eigenvalue weighted by Crippen LogP contribution is -2.20. The second-order valence-electron chi connectivity index (χ2n) is 7.40. The van der Waals surface area contributed by atoms with Crippen LogP contribution in [0, 0.1) is 23.4 Å². The average Bonchev–Trinajstić information content (AvgIpc) is 2.74. The van der Waals surface area contributed by atoms with E-state index < -0.39 is 17.5 Å². The van der Waals surface area contributed by atoms with Crippen LogP contribution in [-0.4, -0.2) is 20.3 Å². The molecule has 0 spiro atoms. The molecule has 0 saturated heterocycles. The molecule has 2 aromatic carbocycles. The number of ether oxygens (including phenoxy) is 3. The van der Waals surface area contributed by atoms with E-state index in [2.05, 4.69) is 0 Å². The zero-order chi connectivity index (χ0) is 20.8. The van der Waals surface area contributed by atoms with Crippen molar-refractivity contribution in [3.63, 3.8) is 0 Å². The lowest BCUT2D eigenvalue weighted by molar-refractivity contribution is 0.130. The van der Waals surface area contributed by atoms with Gasteiger partial charge in [0.1, 0.15) is 5.75 Å². The quantitative estimate of drug-likeness (QED) is 0.536. The number of halogens is 3. The van der Waals surface area contributed by atoms with Gasteiger partial charge in [0.05, 0.1) is 20.3 Å². The summed E-state index contributed by atoms with van der Waals surface area (Å²) in [6.07, 6.45) is 3.15. The lowest BCUT2D eigenvalue weighted by atomic mass is 9.78. The summed E-state index contributed by atoms with van der Waals surface area (Å²) in [4.78, 5) is 0. The van der Waals surface area contributed by atoms with E-state index in [0.29, 0.717) is 24.5 Å². The van der Waals surface area contributed by atoms with Crippen LogP contribution in [0.1, 0.15) is 49.7 Å². The van der Waals surface area contributed by atoms with E-state index in [0.717, 1.165) is 25.7 Å². The summed E-state index contributed by atoms with van der Waals surface area (Å²) >= 11 is 0. The Bertz CT molecular complexity index is 817. The van der Waals surface area contributed by atoms with Gasteiger partial charge < -0.3 is 14.2 Å². The molecule has 3 rings (SSSR count). The van der Waals surface area contributed by atoms with Crippen LogP contribution in [0.2, 0.25) is 0 Å². The second kappa shape index (κ2) is 10.0. The first-order chi connectivity index (χ1) is 14.0. The SMILES string of the molecule is CCOCc1ccc(C2CCC(COc3ccc(OC)cc3F)CC2)c(F)c1F. The van der Waals surface area contributed by atoms with Gasteiger partial charge in [-0.2, -0.15) is 0 Å². The third kappa shape index (κ3) is 5.24. The molecule has 1 fully saturated rings. The van der Waals surface area contributed by atoms with Crippen LogP contribution in [0.3, 0.4) is 0 Å². The Morgan fingerprint density at radius 1 is 0.966 bits per heavy atom. The first-order valence-corrected chi connectivity index (χ1v) is 10.0. The first-order valence-electron chi connectivity index (χ1n) is 10.0. The molecule has 0 heterocycles. The number of rotatable bonds is 8. The van der Waals surface area contributed by atoms with Crippen molar-refractivity contribution in [2.45, 2.75) is 45.1 Å². The molecule has 6 heteroatoms. The number of methoxy groups -OCH3 is 1. The summed E-state index contributed by atoms with van der Waals surface area (Å²) in [5, 5.41) is 0. The van der Waals surface area contributed by atoms with Crippen LogP contribution in [0.4, 0.5) is 13.2 Å². The highest BCUT2D eigenvalue weighted by Gasteiger charge is 2.27. The van der Waals surface area contributed by atoms with E-state index in [1.165, 1.54) is 13.2 Å². The van der Waals surface area contributed by atoms with E-state index in [-0.39, 0.29) is 29.8 Å². The maximum absolute atomic E-state index is 14.5. The van der Waals surface area contributed by atoms with Crippen molar-refractivity contribution in [3.8, 4) is 11.5 Å². The minimum atomic E-state index is -0.809. The van der Waals surface area contributed by atoms with Crippen molar-refractivity contribution < 1.29 is 27.4 Å². The molecule has 0 radical (unpaired) electrons. The number of hydrogen-bond acceptors (Lipinski definition) is 3. The highest BCUT2D eigenvalue weighted by molar-refractivity contribution is 5.33. The standard InChI is InChI=1S/C23H27F3O3/c1-3-28-14-17-8-10-19(23(26)22(17)25)16-6-4-15(5-7-16)13-29-21-11-9-18(27-2)12-20(21)24/h8-12,15-16H,3-7,13-14H2,1-2H3. The molecule has 1 saturated carbocycles. The summed E-state index contributed by atoms with van der Waals surface area (Å²) in [5.41, 5.74) is 0.681. The van der Waals surface area contributed by atoms with Gasteiger partial charge in [-0.3, -0.25) is 0 Å². The number of benzene rings is 2. The highest BCUT2D eigenvalue weighted by atomic mass is 19.2. The van der Waals surface area contributed by atoms with Crippen molar-refractivity contribution >= 4 is 0 Å². The Labute approximate surface area is 169 Å². The zero-order valence-corrected chi connectivity index (χ0v) is 16.8. The summed E-state index contributed by atoms with van der Waals surface area (Å²) in [7, 11) is 1.48. The molecule has 0 atom stereocenters. The maximum Gasteiger partial charge on any atom is 0.168 e. The molecule has 158 valence electrons. The average molecular weight is 408 g/mol. The van der Waals surface area contributed by atoms with E-state index in [9.17, 15) is 13.2 Å². The van der Waals surface area contributed by atoms with Gasteiger partial charge >= 0.3 is 0 Å². The fourth-order valence-electron chi connectivity index (χ4n) is 3.82. The van der Waals surface area contributed by atoms with Gasteiger partial charge in [0.25, 0.3) is 0 Å². The Kier molecular flexibility index (Phi) is 7.42. The largest absolute Gasteiger partial charge is 0.497 e. The van der Waals surface area contributed by atoms with Gasteiger partial charge in [-0.1, -0.05) is 12.1 Å². The van der Waals surface area contributed by atoms with Crippen molar-refractivity contribution in [1.29, 1.82) is 0 Å². The fraction of sp³-hybridized carbons (Fsp3) is 0.478.